The minimum Gasteiger partial charge on any atom is -0.456 e. The highest BCUT2D eigenvalue weighted by atomic mass is 16.3. The van der Waals surface area contributed by atoms with Crippen molar-refractivity contribution >= 4 is 71.3 Å². The molecule has 0 aliphatic heterocycles. The van der Waals surface area contributed by atoms with E-state index in [1.54, 1.807) is 0 Å². The molecule has 10 aromatic rings. The molecule has 224 valence electrons. The third-order valence-corrected chi connectivity index (χ3v) is 9.82. The van der Waals surface area contributed by atoms with Gasteiger partial charge >= 0.3 is 0 Å². The summed E-state index contributed by atoms with van der Waals surface area (Å²) in [6.45, 7) is 0. The lowest BCUT2D eigenvalue weighted by molar-refractivity contribution is 0.669. The van der Waals surface area contributed by atoms with Crippen LogP contribution in [-0.2, 0) is 0 Å². The van der Waals surface area contributed by atoms with Crippen LogP contribution in [0.4, 0.5) is 17.1 Å². The average molecular weight is 612 g/mol. The number of benzene rings is 9. The fourth-order valence-electron chi connectivity index (χ4n) is 7.57. The molecule has 48 heavy (non-hydrogen) atoms. The molecule has 2 nitrogen and oxygen atoms in total. The van der Waals surface area contributed by atoms with Crippen LogP contribution in [0, 0.1) is 0 Å². The van der Waals surface area contributed by atoms with Crippen LogP contribution in [0.5, 0.6) is 0 Å². The number of hydrogen-bond acceptors (Lipinski definition) is 2. The maximum Gasteiger partial charge on any atom is 0.136 e. The summed E-state index contributed by atoms with van der Waals surface area (Å²) in [7, 11) is 0. The summed E-state index contributed by atoms with van der Waals surface area (Å²) >= 11 is 0. The molecule has 0 unspecified atom stereocenters. The summed E-state index contributed by atoms with van der Waals surface area (Å²) in [5.41, 5.74) is 10.0. The lowest BCUT2D eigenvalue weighted by Crippen LogP contribution is -2.10. The largest absolute Gasteiger partial charge is 0.456 e. The Bertz CT molecular complexity index is 2760. The molecule has 0 atom stereocenters. The van der Waals surface area contributed by atoms with E-state index < -0.39 is 0 Å². The number of fused-ring (bicyclic) bond motifs is 3. The second-order valence-electron chi connectivity index (χ2n) is 12.5. The predicted molar refractivity (Wildman–Crippen MR) is 203 cm³/mol. The summed E-state index contributed by atoms with van der Waals surface area (Å²) in [5.74, 6) is 0. The maximum atomic E-state index is 6.25. The fourth-order valence-corrected chi connectivity index (χ4v) is 7.57. The van der Waals surface area contributed by atoms with Crippen LogP contribution < -0.4 is 4.90 Å². The monoisotopic (exact) mass is 611 g/mol. The van der Waals surface area contributed by atoms with Crippen molar-refractivity contribution in [1.29, 1.82) is 0 Å². The van der Waals surface area contributed by atoms with Gasteiger partial charge in [-0.2, -0.15) is 0 Å². The van der Waals surface area contributed by atoms with Crippen molar-refractivity contribution < 1.29 is 4.42 Å². The van der Waals surface area contributed by atoms with Crippen molar-refractivity contribution in [2.45, 2.75) is 0 Å². The van der Waals surface area contributed by atoms with Crippen LogP contribution in [0.1, 0.15) is 0 Å². The number of nitrogens with zero attached hydrogens (tertiary/aromatic N) is 1. The molecule has 9 aromatic carbocycles. The highest BCUT2D eigenvalue weighted by Gasteiger charge is 2.19. The standard InChI is InChI=1S/C46H29NO/c1-2-9-30(10-3-1)31-17-22-35(23-18-31)47(42-29-34-11-4-5-13-37(34)39-14-6-7-15-40(39)42)36-24-19-32(20-25-36)38-27-28-44-46-41(38)26-21-33-12-8-16-43(48-44)45(33)46/h1-29H. The van der Waals surface area contributed by atoms with Gasteiger partial charge in [0.2, 0.25) is 0 Å². The van der Waals surface area contributed by atoms with E-state index in [4.69, 9.17) is 4.42 Å². The molecule has 10 rings (SSSR count). The van der Waals surface area contributed by atoms with Crippen molar-refractivity contribution in [3.8, 4) is 22.3 Å². The molecule has 0 radical (unpaired) electrons. The summed E-state index contributed by atoms with van der Waals surface area (Å²) in [6, 6.07) is 63.4. The van der Waals surface area contributed by atoms with E-state index in [1.807, 2.05) is 0 Å². The molecule has 0 fully saturated rings. The van der Waals surface area contributed by atoms with Gasteiger partial charge in [-0.1, -0.05) is 133 Å². The third kappa shape index (κ3) is 4.13. The van der Waals surface area contributed by atoms with Crippen LogP contribution in [0.15, 0.2) is 180 Å². The molecule has 0 N–H and O–H groups in total. The molecule has 0 aliphatic carbocycles. The summed E-state index contributed by atoms with van der Waals surface area (Å²) in [6.07, 6.45) is 0. The molecular weight excluding hydrogens is 583 g/mol. The van der Waals surface area contributed by atoms with Crippen LogP contribution in [-0.4, -0.2) is 0 Å². The van der Waals surface area contributed by atoms with Crippen molar-refractivity contribution in [1.82, 2.24) is 0 Å². The highest BCUT2D eigenvalue weighted by molar-refractivity contribution is 6.24. The van der Waals surface area contributed by atoms with Gasteiger partial charge in [-0.15, -0.1) is 0 Å². The molecule has 0 aliphatic rings. The molecule has 1 aromatic heterocycles. The third-order valence-electron chi connectivity index (χ3n) is 9.82. The fraction of sp³-hybridized carbons (Fsp3) is 0. The zero-order valence-electron chi connectivity index (χ0n) is 26.1. The van der Waals surface area contributed by atoms with Gasteiger partial charge in [-0.3, -0.25) is 0 Å². The summed E-state index contributed by atoms with van der Waals surface area (Å²) < 4.78 is 6.25. The van der Waals surface area contributed by atoms with Gasteiger partial charge in [0.15, 0.2) is 0 Å². The van der Waals surface area contributed by atoms with E-state index in [0.717, 1.165) is 28.2 Å². The van der Waals surface area contributed by atoms with Crippen molar-refractivity contribution in [2.24, 2.45) is 0 Å². The van der Waals surface area contributed by atoms with E-state index in [1.165, 1.54) is 65.3 Å². The lowest BCUT2D eigenvalue weighted by atomic mass is 9.94. The molecule has 1 heterocycles. The lowest BCUT2D eigenvalue weighted by Gasteiger charge is -2.28. The minimum atomic E-state index is 0.936. The van der Waals surface area contributed by atoms with Gasteiger partial charge in [0.05, 0.1) is 5.69 Å². The van der Waals surface area contributed by atoms with Gasteiger partial charge < -0.3 is 9.32 Å². The van der Waals surface area contributed by atoms with Crippen LogP contribution in [0.25, 0.3) is 76.5 Å². The van der Waals surface area contributed by atoms with E-state index in [9.17, 15) is 0 Å². The molecule has 0 saturated heterocycles. The topological polar surface area (TPSA) is 16.4 Å². The normalized spacial score (nSPS) is 11.8. The first-order valence-electron chi connectivity index (χ1n) is 16.4. The smallest absolute Gasteiger partial charge is 0.136 e. The first-order valence-corrected chi connectivity index (χ1v) is 16.4. The van der Waals surface area contributed by atoms with Gasteiger partial charge in [0, 0.05) is 27.5 Å². The molecule has 0 saturated carbocycles. The summed E-state index contributed by atoms with van der Waals surface area (Å²) in [4.78, 5) is 2.40. The van der Waals surface area contributed by atoms with Crippen molar-refractivity contribution in [3.63, 3.8) is 0 Å². The quantitative estimate of drug-likeness (QED) is 0.180. The Labute approximate surface area is 278 Å². The Morgan fingerprint density at radius 2 is 0.979 bits per heavy atom. The number of furan rings is 1. The highest BCUT2D eigenvalue weighted by Crippen LogP contribution is 2.44. The summed E-state index contributed by atoms with van der Waals surface area (Å²) in [5, 5.41) is 9.78. The van der Waals surface area contributed by atoms with Gasteiger partial charge in [-0.25, -0.2) is 0 Å². The Morgan fingerprint density at radius 1 is 0.354 bits per heavy atom. The molecule has 0 amide bonds. The van der Waals surface area contributed by atoms with Crippen molar-refractivity contribution in [3.05, 3.63) is 176 Å². The molecular formula is C46H29NO. The molecule has 2 heteroatoms. The van der Waals surface area contributed by atoms with Gasteiger partial charge in [0.1, 0.15) is 11.2 Å². The zero-order valence-corrected chi connectivity index (χ0v) is 26.1. The van der Waals surface area contributed by atoms with Crippen molar-refractivity contribution in [2.75, 3.05) is 4.90 Å². The second-order valence-corrected chi connectivity index (χ2v) is 12.5. The van der Waals surface area contributed by atoms with Crippen LogP contribution in [0.2, 0.25) is 0 Å². The van der Waals surface area contributed by atoms with Crippen LogP contribution in [0.3, 0.4) is 0 Å². The van der Waals surface area contributed by atoms with Gasteiger partial charge in [0.25, 0.3) is 0 Å². The first-order chi connectivity index (χ1) is 23.8. The van der Waals surface area contributed by atoms with Gasteiger partial charge in [-0.05, 0) is 91.6 Å². The van der Waals surface area contributed by atoms with Crippen LogP contribution >= 0.6 is 0 Å². The molecule has 0 spiro atoms. The Balaban J connectivity index is 1.15. The molecule has 0 bridgehead atoms. The van der Waals surface area contributed by atoms with E-state index in [2.05, 4.69) is 181 Å². The number of anilines is 3. The van der Waals surface area contributed by atoms with E-state index in [0.29, 0.717) is 0 Å². The number of rotatable bonds is 5. The SMILES string of the molecule is c1ccc(-c2ccc(N(c3ccc(-c4ccc5oc6cccc7ccc4c5c76)cc3)c3cc4ccccc4c4ccccc34)cc2)cc1. The average Bonchev–Trinajstić information content (AvgIpc) is 3.55. The van der Waals surface area contributed by atoms with E-state index >= 15 is 0 Å². The van der Waals surface area contributed by atoms with E-state index in [-0.39, 0.29) is 0 Å². The zero-order chi connectivity index (χ0) is 31.6. The maximum absolute atomic E-state index is 6.25. The second kappa shape index (κ2) is 10.6. The number of hydrogen-bond donors (Lipinski definition) is 0. The Morgan fingerprint density at radius 3 is 1.77 bits per heavy atom. The Hall–Kier alpha value is -6.38. The predicted octanol–water partition coefficient (Wildman–Crippen LogP) is 13.3. The first kappa shape index (κ1) is 26.8. The minimum absolute atomic E-state index is 0.936. The Kier molecular flexibility index (Phi) is 5.91.